The molecule has 0 atom stereocenters. The van der Waals surface area contributed by atoms with Gasteiger partial charge in [0.25, 0.3) is 5.91 Å². The van der Waals surface area contributed by atoms with Gasteiger partial charge >= 0.3 is 0 Å². The summed E-state index contributed by atoms with van der Waals surface area (Å²) in [5, 5.41) is 13.9. The van der Waals surface area contributed by atoms with Crippen molar-refractivity contribution in [3.63, 3.8) is 0 Å². The summed E-state index contributed by atoms with van der Waals surface area (Å²) in [5.41, 5.74) is 3.21. The molecule has 0 radical (unpaired) electrons. The number of rotatable bonds is 1. The largest absolute Gasteiger partial charge is 0.508 e. The molecular weight excluding hydrogens is 200 g/mol. The molecule has 4 nitrogen and oxygen atoms in total. The Hall–Kier alpha value is -1.49. The first-order valence-corrected chi connectivity index (χ1v) is 5.03. The lowest BCUT2D eigenvalue weighted by Crippen LogP contribution is -2.26. The van der Waals surface area contributed by atoms with E-state index < -0.39 is 0 Å². The zero-order valence-corrected chi connectivity index (χ0v) is 8.04. The average molecular weight is 208 g/mol. The molecule has 1 heterocycles. The summed E-state index contributed by atoms with van der Waals surface area (Å²) in [4.78, 5) is 10.8. The minimum Gasteiger partial charge on any atom is -0.508 e. The van der Waals surface area contributed by atoms with Crippen LogP contribution in [0.4, 0.5) is 0 Å². The molecule has 1 aromatic carbocycles. The Balaban J connectivity index is 2.27. The molecule has 0 unspecified atom stereocenters. The van der Waals surface area contributed by atoms with Gasteiger partial charge in [0.05, 0.1) is 5.75 Å². The van der Waals surface area contributed by atoms with Crippen LogP contribution in [0.1, 0.15) is 5.56 Å². The second-order valence-electron chi connectivity index (χ2n) is 2.79. The molecule has 1 aliphatic heterocycles. The first kappa shape index (κ1) is 9.08. The molecule has 1 aliphatic rings. The third kappa shape index (κ3) is 1.88. The summed E-state index contributed by atoms with van der Waals surface area (Å²) in [6, 6.07) is 6.78. The molecule has 1 aromatic rings. The van der Waals surface area contributed by atoms with Crippen LogP contribution in [0, 0.1) is 0 Å². The van der Waals surface area contributed by atoms with E-state index in [0.717, 1.165) is 10.6 Å². The third-order valence-corrected chi connectivity index (χ3v) is 2.72. The van der Waals surface area contributed by atoms with E-state index in [4.69, 9.17) is 0 Å². The number of hydrazone groups is 1. The van der Waals surface area contributed by atoms with Crippen molar-refractivity contribution in [3.05, 3.63) is 29.8 Å². The Labute approximate surface area is 85.0 Å². The van der Waals surface area contributed by atoms with Gasteiger partial charge in [-0.2, -0.15) is 5.10 Å². The second kappa shape index (κ2) is 3.71. The first-order valence-electron chi connectivity index (χ1n) is 4.04. The van der Waals surface area contributed by atoms with Gasteiger partial charge in [0, 0.05) is 5.56 Å². The van der Waals surface area contributed by atoms with Crippen molar-refractivity contribution in [1.82, 2.24) is 5.43 Å². The maximum Gasteiger partial charge on any atom is 0.250 e. The van der Waals surface area contributed by atoms with Crippen LogP contribution in [0.3, 0.4) is 0 Å². The Morgan fingerprint density at radius 2 is 2.36 bits per heavy atom. The lowest BCUT2D eigenvalue weighted by Gasteiger charge is -2.11. The fraction of sp³-hybridized carbons (Fsp3) is 0.111. The quantitative estimate of drug-likeness (QED) is 0.721. The van der Waals surface area contributed by atoms with Crippen molar-refractivity contribution in [2.75, 3.05) is 5.75 Å². The van der Waals surface area contributed by atoms with Crippen molar-refractivity contribution < 1.29 is 9.90 Å². The third-order valence-electron chi connectivity index (χ3n) is 1.72. The first-order chi connectivity index (χ1) is 6.75. The summed E-state index contributed by atoms with van der Waals surface area (Å²) in [6.45, 7) is 0. The highest BCUT2D eigenvalue weighted by atomic mass is 32.2. The number of carbonyl (C=O) groups excluding carboxylic acids is 1. The van der Waals surface area contributed by atoms with E-state index >= 15 is 0 Å². The smallest absolute Gasteiger partial charge is 0.250 e. The summed E-state index contributed by atoms with van der Waals surface area (Å²) in [6.07, 6.45) is 0. The molecule has 2 N–H and O–H groups in total. The van der Waals surface area contributed by atoms with Gasteiger partial charge in [-0.1, -0.05) is 23.9 Å². The molecule has 0 saturated heterocycles. The number of hydrogen-bond acceptors (Lipinski definition) is 4. The molecule has 0 saturated carbocycles. The number of aromatic hydroxyl groups is 1. The molecule has 0 fully saturated rings. The SMILES string of the molecule is O=C1CSC(c2cccc(O)c2)=NN1. The van der Waals surface area contributed by atoms with Crippen molar-refractivity contribution in [3.8, 4) is 5.75 Å². The van der Waals surface area contributed by atoms with Crippen LogP contribution < -0.4 is 5.43 Å². The standard InChI is InChI=1S/C9H8N2O2S/c12-7-3-1-2-6(4-7)9-11-10-8(13)5-14-9/h1-4,12H,5H2,(H,10,13). The monoisotopic (exact) mass is 208 g/mol. The summed E-state index contributed by atoms with van der Waals surface area (Å²) in [7, 11) is 0. The number of nitrogens with one attached hydrogen (secondary N) is 1. The summed E-state index contributed by atoms with van der Waals surface area (Å²) in [5.74, 6) is 0.468. The van der Waals surface area contributed by atoms with E-state index in [1.807, 2.05) is 6.07 Å². The molecule has 0 bridgehead atoms. The van der Waals surface area contributed by atoms with Gasteiger partial charge in [-0.25, -0.2) is 5.43 Å². The molecule has 72 valence electrons. The van der Waals surface area contributed by atoms with Gasteiger partial charge in [-0.05, 0) is 12.1 Å². The number of phenolic OH excluding ortho intramolecular Hbond substituents is 1. The molecule has 14 heavy (non-hydrogen) atoms. The minimum absolute atomic E-state index is 0.0982. The van der Waals surface area contributed by atoms with E-state index in [9.17, 15) is 9.90 Å². The molecule has 1 amide bonds. The Morgan fingerprint density at radius 1 is 1.50 bits per heavy atom. The number of amides is 1. The fourth-order valence-electron chi connectivity index (χ4n) is 1.10. The molecule has 0 aromatic heterocycles. The molecule has 0 aliphatic carbocycles. The van der Waals surface area contributed by atoms with Crippen LogP contribution in [-0.4, -0.2) is 21.8 Å². The van der Waals surface area contributed by atoms with Crippen LogP contribution in [0.2, 0.25) is 0 Å². The topological polar surface area (TPSA) is 61.7 Å². The zero-order valence-electron chi connectivity index (χ0n) is 7.23. The van der Waals surface area contributed by atoms with Crippen LogP contribution >= 0.6 is 11.8 Å². The number of hydrogen-bond donors (Lipinski definition) is 2. The van der Waals surface area contributed by atoms with Crippen molar-refractivity contribution in [2.45, 2.75) is 0 Å². The normalized spacial score (nSPS) is 16.0. The van der Waals surface area contributed by atoms with Crippen LogP contribution in [0.5, 0.6) is 5.75 Å². The number of nitrogens with zero attached hydrogens (tertiary/aromatic N) is 1. The van der Waals surface area contributed by atoms with Gasteiger partial charge in [0.15, 0.2) is 0 Å². The second-order valence-corrected chi connectivity index (χ2v) is 3.75. The maximum absolute atomic E-state index is 10.8. The minimum atomic E-state index is -0.0982. The van der Waals surface area contributed by atoms with Crippen LogP contribution in [0.25, 0.3) is 0 Å². The number of benzene rings is 1. The summed E-state index contributed by atoms with van der Waals surface area (Å²) >= 11 is 1.36. The Bertz CT molecular complexity index is 404. The molecule has 2 rings (SSSR count). The highest BCUT2D eigenvalue weighted by molar-refractivity contribution is 8.15. The van der Waals surface area contributed by atoms with Gasteiger partial charge in [-0.3, -0.25) is 4.79 Å². The van der Waals surface area contributed by atoms with Crippen molar-refractivity contribution in [1.29, 1.82) is 0 Å². The van der Waals surface area contributed by atoms with Crippen molar-refractivity contribution >= 4 is 22.7 Å². The van der Waals surface area contributed by atoms with Crippen LogP contribution in [-0.2, 0) is 4.79 Å². The summed E-state index contributed by atoms with van der Waals surface area (Å²) < 4.78 is 0. The van der Waals surface area contributed by atoms with Crippen molar-refractivity contribution in [2.24, 2.45) is 5.10 Å². The Morgan fingerprint density at radius 3 is 3.00 bits per heavy atom. The fourth-order valence-corrected chi connectivity index (χ4v) is 1.83. The average Bonchev–Trinajstić information content (AvgIpc) is 2.19. The van der Waals surface area contributed by atoms with Gasteiger partial charge < -0.3 is 5.11 Å². The zero-order chi connectivity index (χ0) is 9.97. The number of thioether (sulfide) groups is 1. The maximum atomic E-state index is 10.8. The molecule has 5 heteroatoms. The lowest BCUT2D eigenvalue weighted by atomic mass is 10.2. The number of phenols is 1. The van der Waals surface area contributed by atoms with E-state index in [0.29, 0.717) is 5.75 Å². The number of carbonyl (C=O) groups is 1. The van der Waals surface area contributed by atoms with E-state index in [2.05, 4.69) is 10.5 Å². The predicted molar refractivity (Wildman–Crippen MR) is 55.2 cm³/mol. The molecule has 0 spiro atoms. The van der Waals surface area contributed by atoms with Gasteiger partial charge in [-0.15, -0.1) is 0 Å². The van der Waals surface area contributed by atoms with E-state index in [1.165, 1.54) is 11.8 Å². The van der Waals surface area contributed by atoms with Crippen LogP contribution in [0.15, 0.2) is 29.4 Å². The predicted octanol–water partition coefficient (Wildman–Crippen LogP) is 0.917. The van der Waals surface area contributed by atoms with E-state index in [1.54, 1.807) is 18.2 Å². The lowest BCUT2D eigenvalue weighted by molar-refractivity contribution is -0.118. The van der Waals surface area contributed by atoms with Gasteiger partial charge in [0.2, 0.25) is 0 Å². The van der Waals surface area contributed by atoms with E-state index in [-0.39, 0.29) is 11.7 Å². The molecular formula is C9H8N2O2S. The highest BCUT2D eigenvalue weighted by Crippen LogP contribution is 2.19. The van der Waals surface area contributed by atoms with Gasteiger partial charge in [0.1, 0.15) is 10.8 Å². The Kier molecular flexibility index (Phi) is 2.41. The highest BCUT2D eigenvalue weighted by Gasteiger charge is 2.13.